The molecule has 0 unspecified atom stereocenters. The number of aryl methyl sites for hydroxylation is 1. The van der Waals surface area contributed by atoms with Crippen molar-refractivity contribution >= 4 is 60.6 Å². The van der Waals surface area contributed by atoms with Crippen molar-refractivity contribution in [2.45, 2.75) is 13.5 Å². The van der Waals surface area contributed by atoms with Crippen molar-refractivity contribution in [3.8, 4) is 5.75 Å². The Balaban J connectivity index is 1.55. The van der Waals surface area contributed by atoms with E-state index in [1.54, 1.807) is 37.4 Å². The standard InChI is InChI=1S/C23H16Br2ClN3O2/c1-14-28-21-8-7-18(25)11-19(21)23(30)29(14)27-12-16-4-9-22(20(26)10-16)31-13-15-2-5-17(24)6-3-15/h2-12H,13H2,1H3. The summed E-state index contributed by atoms with van der Waals surface area (Å²) in [6.45, 7) is 2.15. The van der Waals surface area contributed by atoms with Crippen LogP contribution in [0.3, 0.4) is 0 Å². The van der Waals surface area contributed by atoms with E-state index in [4.69, 9.17) is 16.3 Å². The molecule has 31 heavy (non-hydrogen) atoms. The number of hydrogen-bond donors (Lipinski definition) is 0. The van der Waals surface area contributed by atoms with E-state index in [1.165, 1.54) is 4.68 Å². The van der Waals surface area contributed by atoms with E-state index in [9.17, 15) is 4.79 Å². The van der Waals surface area contributed by atoms with Gasteiger partial charge in [0.2, 0.25) is 0 Å². The van der Waals surface area contributed by atoms with Crippen molar-refractivity contribution in [2.24, 2.45) is 5.10 Å². The first-order valence-electron chi connectivity index (χ1n) is 9.31. The van der Waals surface area contributed by atoms with Crippen molar-refractivity contribution in [2.75, 3.05) is 0 Å². The van der Waals surface area contributed by atoms with Crippen LogP contribution in [0.25, 0.3) is 10.9 Å². The van der Waals surface area contributed by atoms with Gasteiger partial charge < -0.3 is 4.74 Å². The smallest absolute Gasteiger partial charge is 0.282 e. The quantitative estimate of drug-likeness (QED) is 0.267. The van der Waals surface area contributed by atoms with Crippen LogP contribution in [0, 0.1) is 6.92 Å². The molecule has 0 aliphatic carbocycles. The lowest BCUT2D eigenvalue weighted by Gasteiger charge is -2.09. The molecule has 0 spiro atoms. The number of benzene rings is 3. The predicted octanol–water partition coefficient (Wildman–Crippen LogP) is 6.34. The summed E-state index contributed by atoms with van der Waals surface area (Å²) >= 11 is 13.2. The highest BCUT2D eigenvalue weighted by molar-refractivity contribution is 9.10. The van der Waals surface area contributed by atoms with Crippen LogP contribution in [0.5, 0.6) is 5.75 Å². The van der Waals surface area contributed by atoms with Crippen molar-refractivity contribution in [3.63, 3.8) is 0 Å². The minimum atomic E-state index is -0.236. The third kappa shape index (κ3) is 5.06. The topological polar surface area (TPSA) is 56.5 Å². The molecule has 0 fully saturated rings. The SMILES string of the molecule is Cc1nc2ccc(Br)cc2c(=O)n1N=Cc1ccc(OCc2ccc(Br)cc2)c(Cl)c1. The molecule has 8 heteroatoms. The van der Waals surface area contributed by atoms with Gasteiger partial charge in [-0.15, -0.1) is 0 Å². The zero-order valence-electron chi connectivity index (χ0n) is 16.3. The van der Waals surface area contributed by atoms with E-state index in [0.717, 1.165) is 20.1 Å². The number of nitrogens with zero attached hydrogens (tertiary/aromatic N) is 3. The second-order valence-corrected chi connectivity index (χ2v) is 9.03. The third-order valence-corrected chi connectivity index (χ3v) is 5.87. The van der Waals surface area contributed by atoms with Gasteiger partial charge in [0.1, 0.15) is 18.2 Å². The molecule has 3 aromatic carbocycles. The maximum Gasteiger partial charge on any atom is 0.282 e. The summed E-state index contributed by atoms with van der Waals surface area (Å²) in [6, 6.07) is 18.6. The average molecular weight is 562 g/mol. The van der Waals surface area contributed by atoms with Crippen molar-refractivity contribution in [3.05, 3.63) is 102 Å². The fourth-order valence-corrected chi connectivity index (χ4v) is 3.85. The Kier molecular flexibility index (Phi) is 6.55. The summed E-state index contributed by atoms with van der Waals surface area (Å²) in [7, 11) is 0. The lowest BCUT2D eigenvalue weighted by Crippen LogP contribution is -2.20. The summed E-state index contributed by atoms with van der Waals surface area (Å²) in [6.07, 6.45) is 1.57. The molecule has 156 valence electrons. The van der Waals surface area contributed by atoms with E-state index < -0.39 is 0 Å². The average Bonchev–Trinajstić information content (AvgIpc) is 2.75. The number of ether oxygens (including phenoxy) is 1. The number of hydrogen-bond acceptors (Lipinski definition) is 4. The molecule has 0 atom stereocenters. The van der Waals surface area contributed by atoms with Crippen molar-refractivity contribution in [1.29, 1.82) is 0 Å². The van der Waals surface area contributed by atoms with Gasteiger partial charge in [0, 0.05) is 8.95 Å². The molecule has 0 aliphatic heterocycles. The largest absolute Gasteiger partial charge is 0.487 e. The van der Waals surface area contributed by atoms with E-state index in [-0.39, 0.29) is 5.56 Å². The molecule has 5 nitrogen and oxygen atoms in total. The molecule has 0 aliphatic rings. The van der Waals surface area contributed by atoms with Crippen molar-refractivity contribution in [1.82, 2.24) is 9.66 Å². The van der Waals surface area contributed by atoms with Gasteiger partial charge in [-0.25, -0.2) is 4.98 Å². The molecular formula is C23H16Br2ClN3O2. The zero-order valence-corrected chi connectivity index (χ0v) is 20.3. The van der Waals surface area contributed by atoms with Crippen LogP contribution < -0.4 is 10.3 Å². The zero-order chi connectivity index (χ0) is 22.0. The number of rotatable bonds is 5. The van der Waals surface area contributed by atoms with Crippen LogP contribution in [0.2, 0.25) is 5.02 Å². The van der Waals surface area contributed by atoms with E-state index in [2.05, 4.69) is 41.9 Å². The molecule has 4 aromatic rings. The summed E-state index contributed by atoms with van der Waals surface area (Å²) in [4.78, 5) is 17.3. The van der Waals surface area contributed by atoms with Crippen LogP contribution in [0.4, 0.5) is 0 Å². The fraction of sp³-hybridized carbons (Fsp3) is 0.0870. The second kappa shape index (κ2) is 9.34. The lowest BCUT2D eigenvalue weighted by molar-refractivity contribution is 0.306. The molecule has 0 N–H and O–H groups in total. The second-order valence-electron chi connectivity index (χ2n) is 6.79. The Labute approximate surface area is 200 Å². The summed E-state index contributed by atoms with van der Waals surface area (Å²) < 4.78 is 8.92. The number of halogens is 3. The Hall–Kier alpha value is -2.48. The van der Waals surface area contributed by atoms with E-state index in [0.29, 0.717) is 34.1 Å². The Morgan fingerprint density at radius 1 is 1.06 bits per heavy atom. The molecule has 0 saturated carbocycles. The monoisotopic (exact) mass is 559 g/mol. The van der Waals surface area contributed by atoms with Gasteiger partial charge in [-0.05, 0) is 66.6 Å². The molecule has 0 bridgehead atoms. The first-order valence-corrected chi connectivity index (χ1v) is 11.3. The molecule has 1 heterocycles. The molecule has 0 amide bonds. The van der Waals surface area contributed by atoms with Gasteiger partial charge in [0.15, 0.2) is 0 Å². The minimum absolute atomic E-state index is 0.236. The maximum absolute atomic E-state index is 12.8. The van der Waals surface area contributed by atoms with E-state index in [1.807, 2.05) is 36.4 Å². The molecule has 0 radical (unpaired) electrons. The van der Waals surface area contributed by atoms with Gasteiger partial charge in [-0.2, -0.15) is 9.78 Å². The van der Waals surface area contributed by atoms with Crippen molar-refractivity contribution < 1.29 is 4.74 Å². The highest BCUT2D eigenvalue weighted by Crippen LogP contribution is 2.26. The Morgan fingerprint density at radius 2 is 1.81 bits per heavy atom. The lowest BCUT2D eigenvalue weighted by atomic mass is 10.2. The summed E-state index contributed by atoms with van der Waals surface area (Å²) in [5, 5.41) is 5.28. The first kappa shape index (κ1) is 21.7. The van der Waals surface area contributed by atoms with Crippen LogP contribution in [-0.4, -0.2) is 15.9 Å². The molecule has 0 saturated heterocycles. The summed E-state index contributed by atoms with van der Waals surface area (Å²) in [5.41, 5.74) is 2.17. The highest BCUT2D eigenvalue weighted by Gasteiger charge is 2.08. The number of fused-ring (bicyclic) bond motifs is 1. The van der Waals surface area contributed by atoms with Gasteiger partial charge >= 0.3 is 0 Å². The van der Waals surface area contributed by atoms with Crippen LogP contribution in [0.1, 0.15) is 17.0 Å². The third-order valence-electron chi connectivity index (χ3n) is 4.56. The normalized spacial score (nSPS) is 11.4. The Morgan fingerprint density at radius 3 is 2.55 bits per heavy atom. The molecule has 4 rings (SSSR count). The molecule has 1 aromatic heterocycles. The highest BCUT2D eigenvalue weighted by atomic mass is 79.9. The maximum atomic E-state index is 12.8. The molecular weight excluding hydrogens is 546 g/mol. The Bertz CT molecular complexity index is 1350. The number of aromatic nitrogens is 2. The van der Waals surface area contributed by atoms with Crippen LogP contribution in [0.15, 0.2) is 79.5 Å². The van der Waals surface area contributed by atoms with Gasteiger partial charge in [0.25, 0.3) is 5.56 Å². The van der Waals surface area contributed by atoms with Crippen LogP contribution in [-0.2, 0) is 6.61 Å². The van der Waals surface area contributed by atoms with Gasteiger partial charge in [-0.3, -0.25) is 4.79 Å². The minimum Gasteiger partial charge on any atom is -0.487 e. The predicted molar refractivity (Wildman–Crippen MR) is 131 cm³/mol. The van der Waals surface area contributed by atoms with Gasteiger partial charge in [0.05, 0.1) is 22.1 Å². The van der Waals surface area contributed by atoms with Crippen LogP contribution >= 0.6 is 43.5 Å². The fourth-order valence-electron chi connectivity index (χ4n) is 2.98. The first-order chi connectivity index (χ1) is 14.9. The van der Waals surface area contributed by atoms with E-state index >= 15 is 0 Å². The summed E-state index contributed by atoms with van der Waals surface area (Å²) in [5.74, 6) is 1.07. The van der Waals surface area contributed by atoms with Gasteiger partial charge in [-0.1, -0.05) is 55.6 Å².